The second-order valence-corrected chi connectivity index (χ2v) is 8.68. The van der Waals surface area contributed by atoms with Crippen LogP contribution in [0.25, 0.3) is 0 Å². The summed E-state index contributed by atoms with van der Waals surface area (Å²) in [6.45, 7) is 4.07. The Bertz CT molecular complexity index is 679. The third kappa shape index (κ3) is 3.60. The van der Waals surface area contributed by atoms with E-state index in [1.54, 1.807) is 12.1 Å². The summed E-state index contributed by atoms with van der Waals surface area (Å²) in [5, 5.41) is 4.21. The standard InChI is InChI=1S/C18H26N2O2S/c1-3-4-14-6-9-17(10-7-14)23(21,22)20-19-13(2)18-12-15-5-8-16(18)11-15/h6-7,9-10,15-16,18,20H,3-5,8,11-12H2,1-2H3/b19-13-/t15-,16-,18+/m1/s1. The van der Waals surface area contributed by atoms with Crippen LogP contribution in [0.2, 0.25) is 0 Å². The van der Waals surface area contributed by atoms with Crippen LogP contribution in [0.1, 0.15) is 51.5 Å². The van der Waals surface area contributed by atoms with Crippen molar-refractivity contribution in [3.05, 3.63) is 29.8 Å². The van der Waals surface area contributed by atoms with Gasteiger partial charge in [-0.05, 0) is 62.1 Å². The second-order valence-electron chi connectivity index (χ2n) is 7.02. The molecule has 0 radical (unpaired) electrons. The van der Waals surface area contributed by atoms with Crippen molar-refractivity contribution in [1.82, 2.24) is 4.83 Å². The summed E-state index contributed by atoms with van der Waals surface area (Å²) in [5.41, 5.74) is 2.09. The highest BCUT2D eigenvalue weighted by atomic mass is 32.2. The smallest absolute Gasteiger partial charge is 0.200 e. The third-order valence-electron chi connectivity index (χ3n) is 5.39. The van der Waals surface area contributed by atoms with Gasteiger partial charge in [0.2, 0.25) is 0 Å². The average Bonchev–Trinajstić information content (AvgIpc) is 3.17. The van der Waals surface area contributed by atoms with Gasteiger partial charge in [0.1, 0.15) is 0 Å². The van der Waals surface area contributed by atoms with Crippen molar-refractivity contribution in [1.29, 1.82) is 0 Å². The molecule has 0 unspecified atom stereocenters. The molecule has 0 saturated heterocycles. The van der Waals surface area contributed by atoms with E-state index in [1.165, 1.54) is 25.7 Å². The monoisotopic (exact) mass is 334 g/mol. The van der Waals surface area contributed by atoms with Gasteiger partial charge in [0.15, 0.2) is 0 Å². The molecule has 0 aromatic heterocycles. The summed E-state index contributed by atoms with van der Waals surface area (Å²) >= 11 is 0. The number of sulfonamides is 1. The van der Waals surface area contributed by atoms with Gasteiger partial charge in [-0.25, -0.2) is 4.83 Å². The minimum absolute atomic E-state index is 0.279. The Kier molecular flexibility index (Phi) is 4.76. The van der Waals surface area contributed by atoms with Crippen molar-refractivity contribution < 1.29 is 8.42 Å². The number of benzene rings is 1. The molecule has 3 atom stereocenters. The molecule has 126 valence electrons. The van der Waals surface area contributed by atoms with Crippen molar-refractivity contribution in [2.45, 2.75) is 57.3 Å². The Morgan fingerprint density at radius 3 is 2.52 bits per heavy atom. The number of rotatable bonds is 6. The van der Waals surface area contributed by atoms with E-state index in [0.29, 0.717) is 11.8 Å². The van der Waals surface area contributed by atoms with Gasteiger partial charge >= 0.3 is 0 Å². The van der Waals surface area contributed by atoms with E-state index < -0.39 is 10.0 Å². The van der Waals surface area contributed by atoms with Gasteiger partial charge in [-0.15, -0.1) is 0 Å². The summed E-state index contributed by atoms with van der Waals surface area (Å²) in [7, 11) is -3.57. The number of fused-ring (bicyclic) bond motifs is 2. The normalized spacial score (nSPS) is 27.4. The highest BCUT2D eigenvalue weighted by Gasteiger charge is 2.40. The van der Waals surface area contributed by atoms with Crippen LogP contribution in [0, 0.1) is 17.8 Å². The molecule has 4 nitrogen and oxygen atoms in total. The number of nitrogens with zero attached hydrogens (tertiary/aromatic N) is 1. The van der Waals surface area contributed by atoms with E-state index in [1.807, 2.05) is 19.1 Å². The molecular weight excluding hydrogens is 308 g/mol. The zero-order valence-corrected chi connectivity index (χ0v) is 14.8. The SMILES string of the molecule is CCCc1ccc(S(=O)(=O)N/N=C(/C)[C@@H]2C[C@@H]3CC[C@@H]2C3)cc1. The van der Waals surface area contributed by atoms with Crippen molar-refractivity contribution >= 4 is 15.7 Å². The molecule has 2 bridgehead atoms. The lowest BCUT2D eigenvalue weighted by Gasteiger charge is -2.21. The number of hydrazone groups is 1. The summed E-state index contributed by atoms with van der Waals surface area (Å²) < 4.78 is 24.7. The maximum atomic E-state index is 12.4. The molecule has 0 heterocycles. The summed E-state index contributed by atoms with van der Waals surface area (Å²) in [5.74, 6) is 2.00. The number of hydrogen-bond acceptors (Lipinski definition) is 3. The third-order valence-corrected chi connectivity index (χ3v) is 6.61. The van der Waals surface area contributed by atoms with Crippen LogP contribution in [-0.2, 0) is 16.4 Å². The summed E-state index contributed by atoms with van der Waals surface area (Å²) in [4.78, 5) is 2.70. The first-order valence-corrected chi connectivity index (χ1v) is 10.1. The topological polar surface area (TPSA) is 58.5 Å². The maximum Gasteiger partial charge on any atom is 0.276 e. The lowest BCUT2D eigenvalue weighted by Crippen LogP contribution is -2.24. The fraction of sp³-hybridized carbons (Fsp3) is 0.611. The lowest BCUT2D eigenvalue weighted by molar-refractivity contribution is 0.413. The first-order valence-electron chi connectivity index (χ1n) is 8.64. The van der Waals surface area contributed by atoms with Crippen LogP contribution in [0.3, 0.4) is 0 Å². The van der Waals surface area contributed by atoms with E-state index >= 15 is 0 Å². The summed E-state index contributed by atoms with van der Waals surface area (Å²) in [6, 6.07) is 7.08. The zero-order chi connectivity index (χ0) is 16.4. The first kappa shape index (κ1) is 16.5. The Labute approximate surface area is 139 Å². The van der Waals surface area contributed by atoms with E-state index in [9.17, 15) is 8.42 Å². The number of nitrogens with one attached hydrogen (secondary N) is 1. The molecule has 2 fully saturated rings. The molecule has 2 aliphatic rings. The van der Waals surface area contributed by atoms with Crippen LogP contribution >= 0.6 is 0 Å². The van der Waals surface area contributed by atoms with Gasteiger partial charge in [-0.3, -0.25) is 0 Å². The molecule has 2 aliphatic carbocycles. The molecule has 3 rings (SSSR count). The molecular formula is C18H26N2O2S. The van der Waals surface area contributed by atoms with E-state index in [0.717, 1.165) is 30.0 Å². The molecule has 0 spiro atoms. The molecule has 1 aromatic carbocycles. The fourth-order valence-electron chi connectivity index (χ4n) is 4.15. The van der Waals surface area contributed by atoms with Crippen LogP contribution in [0.15, 0.2) is 34.3 Å². The molecule has 2 saturated carbocycles. The van der Waals surface area contributed by atoms with Gasteiger partial charge in [-0.1, -0.05) is 31.9 Å². The molecule has 0 aliphatic heterocycles. The van der Waals surface area contributed by atoms with Crippen LogP contribution in [-0.4, -0.2) is 14.1 Å². The number of aryl methyl sites for hydroxylation is 1. The lowest BCUT2D eigenvalue weighted by atomic mass is 9.86. The average molecular weight is 334 g/mol. The largest absolute Gasteiger partial charge is 0.276 e. The van der Waals surface area contributed by atoms with Crippen molar-refractivity contribution in [2.24, 2.45) is 22.9 Å². The highest BCUT2D eigenvalue weighted by Crippen LogP contribution is 2.48. The number of hydrogen-bond donors (Lipinski definition) is 1. The Morgan fingerprint density at radius 2 is 1.96 bits per heavy atom. The van der Waals surface area contributed by atoms with Gasteiger partial charge in [0, 0.05) is 11.6 Å². The summed E-state index contributed by atoms with van der Waals surface area (Å²) in [6.07, 6.45) is 7.10. The van der Waals surface area contributed by atoms with Gasteiger partial charge in [-0.2, -0.15) is 13.5 Å². The molecule has 0 amide bonds. The minimum Gasteiger partial charge on any atom is -0.200 e. The Morgan fingerprint density at radius 1 is 1.22 bits per heavy atom. The Hall–Kier alpha value is -1.36. The van der Waals surface area contributed by atoms with Crippen LogP contribution < -0.4 is 4.83 Å². The van der Waals surface area contributed by atoms with Gasteiger partial charge in [0.25, 0.3) is 10.0 Å². The molecule has 1 N–H and O–H groups in total. The Balaban J connectivity index is 1.67. The van der Waals surface area contributed by atoms with E-state index in [-0.39, 0.29) is 4.90 Å². The second kappa shape index (κ2) is 6.63. The quantitative estimate of drug-likeness (QED) is 0.636. The predicted octanol–water partition coefficient (Wildman–Crippen LogP) is 3.73. The molecule has 23 heavy (non-hydrogen) atoms. The first-order chi connectivity index (χ1) is 11.0. The highest BCUT2D eigenvalue weighted by molar-refractivity contribution is 7.89. The van der Waals surface area contributed by atoms with E-state index in [2.05, 4.69) is 16.9 Å². The predicted molar refractivity (Wildman–Crippen MR) is 92.8 cm³/mol. The fourth-order valence-corrected chi connectivity index (χ4v) is 5.01. The van der Waals surface area contributed by atoms with Gasteiger partial charge < -0.3 is 0 Å². The zero-order valence-electron chi connectivity index (χ0n) is 14.0. The minimum atomic E-state index is -3.57. The van der Waals surface area contributed by atoms with Crippen LogP contribution in [0.5, 0.6) is 0 Å². The van der Waals surface area contributed by atoms with Crippen molar-refractivity contribution in [2.75, 3.05) is 0 Å². The molecule has 1 aromatic rings. The molecule has 5 heteroatoms. The van der Waals surface area contributed by atoms with Crippen molar-refractivity contribution in [3.8, 4) is 0 Å². The van der Waals surface area contributed by atoms with Crippen LogP contribution in [0.4, 0.5) is 0 Å². The van der Waals surface area contributed by atoms with Crippen molar-refractivity contribution in [3.63, 3.8) is 0 Å². The maximum absolute atomic E-state index is 12.4. The van der Waals surface area contributed by atoms with E-state index in [4.69, 9.17) is 0 Å². The van der Waals surface area contributed by atoms with Gasteiger partial charge in [0.05, 0.1) is 4.90 Å².